The maximum atomic E-state index is 12.5. The molecule has 1 aromatic carbocycles. The number of para-hydroxylation sites is 1. The van der Waals surface area contributed by atoms with E-state index in [-0.39, 0.29) is 12.5 Å². The van der Waals surface area contributed by atoms with E-state index in [1.165, 1.54) is 23.3 Å². The molecule has 0 saturated carbocycles. The van der Waals surface area contributed by atoms with Gasteiger partial charge in [-0.05, 0) is 48.3 Å². The highest BCUT2D eigenvalue weighted by Gasteiger charge is 2.29. The average Bonchev–Trinajstić information content (AvgIpc) is 3.02. The van der Waals surface area contributed by atoms with E-state index in [2.05, 4.69) is 26.1 Å². The van der Waals surface area contributed by atoms with E-state index in [0.717, 1.165) is 30.4 Å². The molecular formula is C22H27NO4S. The number of carbonyl (C=O) groups excluding carboxylic acids is 2. The number of thiophene rings is 1. The molecule has 2 aromatic rings. The summed E-state index contributed by atoms with van der Waals surface area (Å²) >= 11 is 1.48. The molecule has 150 valence electrons. The lowest BCUT2D eigenvalue weighted by Crippen LogP contribution is -2.21. The first-order valence-electron chi connectivity index (χ1n) is 9.65. The van der Waals surface area contributed by atoms with Crippen molar-refractivity contribution >= 4 is 28.2 Å². The van der Waals surface area contributed by atoms with Gasteiger partial charge in [0.05, 0.1) is 12.7 Å². The summed E-state index contributed by atoms with van der Waals surface area (Å²) < 4.78 is 10.7. The Bertz CT molecular complexity index is 871. The van der Waals surface area contributed by atoms with Gasteiger partial charge in [0.15, 0.2) is 6.61 Å². The number of hydrogen-bond donors (Lipinski definition) is 1. The molecule has 0 aliphatic heterocycles. The maximum absolute atomic E-state index is 12.5. The molecular weight excluding hydrogens is 374 g/mol. The quantitative estimate of drug-likeness (QED) is 0.706. The van der Waals surface area contributed by atoms with Crippen LogP contribution in [0.3, 0.4) is 0 Å². The summed E-state index contributed by atoms with van der Waals surface area (Å²) in [5.74, 6) is 0.913. The summed E-state index contributed by atoms with van der Waals surface area (Å²) in [7, 11) is 1.37. The summed E-state index contributed by atoms with van der Waals surface area (Å²) in [4.78, 5) is 26.0. The van der Waals surface area contributed by atoms with Crippen LogP contribution in [0, 0.1) is 5.92 Å². The van der Waals surface area contributed by atoms with Crippen molar-refractivity contribution in [2.45, 2.75) is 46.0 Å². The standard InChI is InChI=1S/C22H27NO4S/c1-13(2)15-7-5-6-8-17(15)27-12-19(24)23-21-20(22(25)26-4)16-10-9-14(3)11-18(16)28-21/h5-8,13-14H,9-12H2,1-4H3,(H,23,24). The van der Waals surface area contributed by atoms with Gasteiger partial charge in [0.25, 0.3) is 5.91 Å². The molecule has 28 heavy (non-hydrogen) atoms. The van der Waals surface area contributed by atoms with E-state index in [1.54, 1.807) is 0 Å². The molecule has 3 rings (SSSR count). The second kappa shape index (κ2) is 8.78. The number of anilines is 1. The van der Waals surface area contributed by atoms with Gasteiger partial charge in [-0.3, -0.25) is 4.79 Å². The molecule has 0 radical (unpaired) electrons. The zero-order valence-corrected chi connectivity index (χ0v) is 17.7. The fraction of sp³-hybridized carbons (Fsp3) is 0.455. The van der Waals surface area contributed by atoms with Crippen molar-refractivity contribution < 1.29 is 19.1 Å². The van der Waals surface area contributed by atoms with E-state index in [9.17, 15) is 9.59 Å². The largest absolute Gasteiger partial charge is 0.483 e. The van der Waals surface area contributed by atoms with Crippen LogP contribution >= 0.6 is 11.3 Å². The van der Waals surface area contributed by atoms with Crippen LogP contribution < -0.4 is 10.1 Å². The van der Waals surface area contributed by atoms with Crippen molar-refractivity contribution in [3.63, 3.8) is 0 Å². The highest BCUT2D eigenvalue weighted by Crippen LogP contribution is 2.40. The molecule has 0 saturated heterocycles. The van der Waals surface area contributed by atoms with Gasteiger partial charge in [-0.2, -0.15) is 0 Å². The number of rotatable bonds is 6. The van der Waals surface area contributed by atoms with Gasteiger partial charge in [0.1, 0.15) is 10.8 Å². The van der Waals surface area contributed by atoms with Gasteiger partial charge >= 0.3 is 5.97 Å². The van der Waals surface area contributed by atoms with Gasteiger partial charge in [-0.1, -0.05) is 39.0 Å². The number of nitrogens with one attached hydrogen (secondary N) is 1. The molecule has 0 spiro atoms. The summed E-state index contributed by atoms with van der Waals surface area (Å²) in [5, 5.41) is 3.44. The summed E-state index contributed by atoms with van der Waals surface area (Å²) in [6, 6.07) is 7.72. The fourth-order valence-corrected chi connectivity index (χ4v) is 4.97. The minimum absolute atomic E-state index is 0.108. The van der Waals surface area contributed by atoms with Crippen LogP contribution in [0.15, 0.2) is 24.3 Å². The van der Waals surface area contributed by atoms with Crippen LogP contribution in [0.5, 0.6) is 5.75 Å². The van der Waals surface area contributed by atoms with Crippen molar-refractivity contribution in [2.24, 2.45) is 5.92 Å². The Kier molecular flexibility index (Phi) is 6.39. The Balaban J connectivity index is 1.75. The minimum atomic E-state index is -0.395. The maximum Gasteiger partial charge on any atom is 0.341 e. The first-order valence-corrected chi connectivity index (χ1v) is 10.5. The average molecular weight is 402 g/mol. The molecule has 0 bridgehead atoms. The first-order chi connectivity index (χ1) is 13.4. The molecule has 1 unspecified atom stereocenters. The van der Waals surface area contributed by atoms with Gasteiger partial charge in [0, 0.05) is 4.88 Å². The van der Waals surface area contributed by atoms with Crippen molar-refractivity contribution in [1.29, 1.82) is 0 Å². The number of carbonyl (C=O) groups is 2. The zero-order chi connectivity index (χ0) is 20.3. The van der Waals surface area contributed by atoms with E-state index >= 15 is 0 Å². The van der Waals surface area contributed by atoms with Gasteiger partial charge in [-0.15, -0.1) is 11.3 Å². The van der Waals surface area contributed by atoms with Crippen molar-refractivity contribution in [3.8, 4) is 5.75 Å². The van der Waals surface area contributed by atoms with Crippen molar-refractivity contribution in [1.82, 2.24) is 0 Å². The molecule has 6 heteroatoms. The van der Waals surface area contributed by atoms with Gasteiger partial charge in [0.2, 0.25) is 0 Å². The monoisotopic (exact) mass is 401 g/mol. The predicted molar refractivity (Wildman–Crippen MR) is 112 cm³/mol. The summed E-state index contributed by atoms with van der Waals surface area (Å²) in [6.45, 7) is 6.27. The Morgan fingerprint density at radius 1 is 1.29 bits per heavy atom. The van der Waals surface area contributed by atoms with E-state index in [4.69, 9.17) is 9.47 Å². The molecule has 1 aromatic heterocycles. The number of ether oxygens (including phenoxy) is 2. The second-order valence-electron chi connectivity index (χ2n) is 7.58. The van der Waals surface area contributed by atoms with Crippen LogP contribution in [-0.4, -0.2) is 25.6 Å². The van der Waals surface area contributed by atoms with E-state index < -0.39 is 5.97 Å². The van der Waals surface area contributed by atoms with Crippen LogP contribution in [0.4, 0.5) is 5.00 Å². The third-order valence-electron chi connectivity index (χ3n) is 5.05. The molecule has 1 aliphatic carbocycles. The molecule has 1 aliphatic rings. The number of methoxy groups -OCH3 is 1. The van der Waals surface area contributed by atoms with Crippen LogP contribution in [0.2, 0.25) is 0 Å². The number of esters is 1. The molecule has 1 N–H and O–H groups in total. The fourth-order valence-electron chi connectivity index (χ4n) is 3.55. The topological polar surface area (TPSA) is 64.6 Å². The van der Waals surface area contributed by atoms with Crippen molar-refractivity contribution in [3.05, 3.63) is 45.8 Å². The number of hydrogen-bond acceptors (Lipinski definition) is 5. The van der Waals surface area contributed by atoms with Gasteiger partial charge < -0.3 is 14.8 Å². The lowest BCUT2D eigenvalue weighted by Gasteiger charge is -2.18. The Labute approximate surface area is 170 Å². The number of benzene rings is 1. The van der Waals surface area contributed by atoms with Crippen molar-refractivity contribution in [2.75, 3.05) is 19.0 Å². The normalized spacial score (nSPS) is 15.8. The van der Waals surface area contributed by atoms with Crippen LogP contribution in [0.1, 0.15) is 59.5 Å². The Morgan fingerprint density at radius 2 is 2.04 bits per heavy atom. The SMILES string of the molecule is COC(=O)c1c(NC(=O)COc2ccccc2C(C)C)sc2c1CCC(C)C2. The smallest absolute Gasteiger partial charge is 0.341 e. The van der Waals surface area contributed by atoms with E-state index in [0.29, 0.717) is 28.1 Å². The molecule has 0 fully saturated rings. The Morgan fingerprint density at radius 3 is 2.75 bits per heavy atom. The summed E-state index contributed by atoms with van der Waals surface area (Å²) in [6.07, 6.45) is 2.81. The zero-order valence-electron chi connectivity index (χ0n) is 16.8. The summed E-state index contributed by atoms with van der Waals surface area (Å²) in [5.41, 5.74) is 2.59. The number of amides is 1. The molecule has 1 heterocycles. The molecule has 1 atom stereocenters. The Hall–Kier alpha value is -2.34. The number of fused-ring (bicyclic) bond motifs is 1. The molecule has 1 amide bonds. The second-order valence-corrected chi connectivity index (χ2v) is 8.68. The highest BCUT2D eigenvalue weighted by atomic mass is 32.1. The van der Waals surface area contributed by atoms with Crippen LogP contribution in [-0.2, 0) is 22.4 Å². The minimum Gasteiger partial charge on any atom is -0.483 e. The lowest BCUT2D eigenvalue weighted by molar-refractivity contribution is -0.118. The third kappa shape index (κ3) is 4.38. The van der Waals surface area contributed by atoms with E-state index in [1.807, 2.05) is 24.3 Å². The van der Waals surface area contributed by atoms with Crippen LogP contribution in [0.25, 0.3) is 0 Å². The third-order valence-corrected chi connectivity index (χ3v) is 6.22. The van der Waals surface area contributed by atoms with Gasteiger partial charge in [-0.25, -0.2) is 4.79 Å². The lowest BCUT2D eigenvalue weighted by atomic mass is 9.88. The predicted octanol–water partition coefficient (Wildman–Crippen LogP) is 4.80. The first kappa shape index (κ1) is 20.4. The highest BCUT2D eigenvalue weighted by molar-refractivity contribution is 7.17. The molecule has 5 nitrogen and oxygen atoms in total.